The molecule has 6 heteroatoms. The van der Waals surface area contributed by atoms with Crippen molar-refractivity contribution >= 4 is 15.7 Å². The maximum Gasteiger partial charge on any atom is 0.238 e. The summed E-state index contributed by atoms with van der Waals surface area (Å²) in [6.07, 6.45) is 0. The maximum atomic E-state index is 11.0. The lowest BCUT2D eigenvalue weighted by Gasteiger charge is -2.23. The van der Waals surface area contributed by atoms with Gasteiger partial charge in [-0.25, -0.2) is 13.6 Å². The number of nitrogens with two attached hydrogens (primary N) is 1. The van der Waals surface area contributed by atoms with Crippen LogP contribution in [0.4, 0.5) is 5.69 Å². The zero-order chi connectivity index (χ0) is 13.1. The van der Waals surface area contributed by atoms with Gasteiger partial charge in [0.1, 0.15) is 0 Å². The first-order valence-corrected chi connectivity index (χ1v) is 6.71. The van der Waals surface area contributed by atoms with E-state index in [2.05, 4.69) is 5.32 Å². The Morgan fingerprint density at radius 3 is 2.24 bits per heavy atom. The summed E-state index contributed by atoms with van der Waals surface area (Å²) >= 11 is 0. The summed E-state index contributed by atoms with van der Waals surface area (Å²) in [6.45, 7) is 4.54. The fourth-order valence-corrected chi connectivity index (χ4v) is 1.66. The lowest BCUT2D eigenvalue weighted by atomic mass is 10.1. The van der Waals surface area contributed by atoms with Crippen molar-refractivity contribution in [2.75, 3.05) is 19.0 Å². The summed E-state index contributed by atoms with van der Waals surface area (Å²) in [7, 11) is -1.98. The Balaban J connectivity index is 2.70. The third-order valence-electron chi connectivity index (χ3n) is 2.45. The van der Waals surface area contributed by atoms with E-state index in [-0.39, 0.29) is 10.5 Å². The third kappa shape index (κ3) is 4.33. The van der Waals surface area contributed by atoms with Gasteiger partial charge >= 0.3 is 0 Å². The van der Waals surface area contributed by atoms with Crippen LogP contribution in [0.15, 0.2) is 29.2 Å². The second-order valence-corrected chi connectivity index (χ2v) is 5.95. The van der Waals surface area contributed by atoms with Crippen molar-refractivity contribution in [3.63, 3.8) is 0 Å². The van der Waals surface area contributed by atoms with Crippen LogP contribution in [-0.4, -0.2) is 27.7 Å². The smallest absolute Gasteiger partial charge is 0.238 e. The Hall–Kier alpha value is -1.11. The van der Waals surface area contributed by atoms with Crippen LogP contribution in [0.1, 0.15) is 13.8 Å². The molecule has 17 heavy (non-hydrogen) atoms. The molecule has 0 saturated heterocycles. The van der Waals surface area contributed by atoms with Crippen molar-refractivity contribution in [2.24, 2.45) is 5.14 Å². The molecule has 0 heterocycles. The van der Waals surface area contributed by atoms with Crippen LogP contribution >= 0.6 is 0 Å². The largest absolute Gasteiger partial charge is 0.382 e. The average molecular weight is 258 g/mol. The van der Waals surface area contributed by atoms with Crippen molar-refractivity contribution in [1.29, 1.82) is 0 Å². The number of nitrogens with one attached hydrogen (secondary N) is 1. The van der Waals surface area contributed by atoms with E-state index in [0.717, 1.165) is 5.69 Å². The normalized spacial score (nSPS) is 12.5. The molecule has 0 saturated carbocycles. The van der Waals surface area contributed by atoms with Gasteiger partial charge in [0.25, 0.3) is 0 Å². The maximum absolute atomic E-state index is 11.0. The topological polar surface area (TPSA) is 81.4 Å². The average Bonchev–Trinajstić information content (AvgIpc) is 2.26. The van der Waals surface area contributed by atoms with Gasteiger partial charge in [0.2, 0.25) is 10.0 Å². The predicted molar refractivity (Wildman–Crippen MR) is 67.4 cm³/mol. The second-order valence-electron chi connectivity index (χ2n) is 4.39. The summed E-state index contributed by atoms with van der Waals surface area (Å²) in [5, 5.41) is 8.16. The first-order valence-electron chi connectivity index (χ1n) is 5.16. The number of hydrogen-bond donors (Lipinski definition) is 2. The Labute approximate surface area is 102 Å². The van der Waals surface area contributed by atoms with Crippen LogP contribution in [0, 0.1) is 0 Å². The summed E-state index contributed by atoms with van der Waals surface area (Å²) < 4.78 is 27.3. The molecule has 1 aromatic carbocycles. The highest BCUT2D eigenvalue weighted by molar-refractivity contribution is 7.89. The van der Waals surface area contributed by atoms with Gasteiger partial charge in [-0.15, -0.1) is 0 Å². The highest BCUT2D eigenvalue weighted by Gasteiger charge is 2.15. The standard InChI is InChI=1S/C11H18N2O3S/c1-11(2,16-3)8-13-9-4-6-10(7-5-9)17(12,14)15/h4-7,13H,8H2,1-3H3,(H2,12,14,15). The molecule has 0 aliphatic rings. The molecule has 0 amide bonds. The number of benzene rings is 1. The fraction of sp³-hybridized carbons (Fsp3) is 0.455. The molecule has 96 valence electrons. The highest BCUT2D eigenvalue weighted by atomic mass is 32.2. The Bertz CT molecular complexity index is 466. The molecule has 3 N–H and O–H groups in total. The quantitative estimate of drug-likeness (QED) is 0.830. The van der Waals surface area contributed by atoms with Gasteiger partial charge in [-0.2, -0.15) is 0 Å². The Morgan fingerprint density at radius 1 is 1.29 bits per heavy atom. The molecular formula is C11H18N2O3S. The molecule has 0 fully saturated rings. The van der Waals surface area contributed by atoms with Gasteiger partial charge in [0, 0.05) is 19.3 Å². The van der Waals surface area contributed by atoms with Crippen molar-refractivity contribution in [1.82, 2.24) is 0 Å². The molecule has 0 aliphatic carbocycles. The first kappa shape index (κ1) is 14.0. The number of anilines is 1. The molecule has 0 unspecified atom stereocenters. The predicted octanol–water partition coefficient (Wildman–Crippen LogP) is 1.17. The summed E-state index contributed by atoms with van der Waals surface area (Å²) in [5.74, 6) is 0. The van der Waals surface area contributed by atoms with Gasteiger partial charge in [-0.05, 0) is 38.1 Å². The van der Waals surface area contributed by atoms with E-state index in [4.69, 9.17) is 9.88 Å². The summed E-state index contributed by atoms with van der Waals surface area (Å²) in [4.78, 5) is 0.106. The van der Waals surface area contributed by atoms with Crippen molar-refractivity contribution in [3.05, 3.63) is 24.3 Å². The zero-order valence-electron chi connectivity index (χ0n) is 10.2. The lowest BCUT2D eigenvalue weighted by Crippen LogP contribution is -2.32. The molecular weight excluding hydrogens is 240 g/mol. The van der Waals surface area contributed by atoms with Crippen LogP contribution in [0.25, 0.3) is 0 Å². The Morgan fingerprint density at radius 2 is 1.82 bits per heavy atom. The van der Waals surface area contributed by atoms with Crippen molar-refractivity contribution in [2.45, 2.75) is 24.3 Å². The summed E-state index contributed by atoms with van der Waals surface area (Å²) in [5.41, 5.74) is 0.543. The number of sulfonamides is 1. The van der Waals surface area contributed by atoms with E-state index in [1.54, 1.807) is 19.2 Å². The number of ether oxygens (including phenoxy) is 1. The SMILES string of the molecule is COC(C)(C)CNc1ccc(S(N)(=O)=O)cc1. The molecule has 5 nitrogen and oxygen atoms in total. The minimum atomic E-state index is -3.62. The highest BCUT2D eigenvalue weighted by Crippen LogP contribution is 2.14. The molecule has 0 spiro atoms. The van der Waals surface area contributed by atoms with Crippen molar-refractivity contribution < 1.29 is 13.2 Å². The molecule has 0 atom stereocenters. The minimum absolute atomic E-state index is 0.106. The van der Waals surface area contributed by atoms with E-state index in [1.165, 1.54) is 12.1 Å². The van der Waals surface area contributed by atoms with Gasteiger partial charge < -0.3 is 10.1 Å². The first-order chi connectivity index (χ1) is 7.74. The van der Waals surface area contributed by atoms with Gasteiger partial charge in [-0.1, -0.05) is 0 Å². The van der Waals surface area contributed by atoms with Gasteiger partial charge in [0.05, 0.1) is 10.5 Å². The fourth-order valence-electron chi connectivity index (χ4n) is 1.15. The van der Waals surface area contributed by atoms with Gasteiger partial charge in [0.15, 0.2) is 0 Å². The zero-order valence-corrected chi connectivity index (χ0v) is 11.0. The monoisotopic (exact) mass is 258 g/mol. The number of hydrogen-bond acceptors (Lipinski definition) is 4. The van der Waals surface area contributed by atoms with Gasteiger partial charge in [-0.3, -0.25) is 0 Å². The van der Waals surface area contributed by atoms with E-state index >= 15 is 0 Å². The third-order valence-corrected chi connectivity index (χ3v) is 3.38. The number of rotatable bonds is 5. The molecule has 0 radical (unpaired) electrons. The number of methoxy groups -OCH3 is 1. The Kier molecular flexibility index (Phi) is 4.13. The van der Waals surface area contributed by atoms with Crippen LogP contribution in [0.3, 0.4) is 0 Å². The lowest BCUT2D eigenvalue weighted by molar-refractivity contribution is 0.0344. The second kappa shape index (κ2) is 5.03. The minimum Gasteiger partial charge on any atom is -0.382 e. The molecule has 0 aromatic heterocycles. The van der Waals surface area contributed by atoms with E-state index < -0.39 is 10.0 Å². The van der Waals surface area contributed by atoms with E-state index in [1.807, 2.05) is 13.8 Å². The van der Waals surface area contributed by atoms with Crippen molar-refractivity contribution in [3.8, 4) is 0 Å². The summed E-state index contributed by atoms with van der Waals surface area (Å²) in [6, 6.07) is 6.28. The van der Waals surface area contributed by atoms with E-state index in [0.29, 0.717) is 6.54 Å². The molecule has 0 bridgehead atoms. The van der Waals surface area contributed by atoms with Crippen LogP contribution in [0.5, 0.6) is 0 Å². The number of primary sulfonamides is 1. The van der Waals surface area contributed by atoms with E-state index in [9.17, 15) is 8.42 Å². The van der Waals surface area contributed by atoms with Crippen LogP contribution < -0.4 is 10.5 Å². The molecule has 1 aromatic rings. The van der Waals surface area contributed by atoms with Crippen LogP contribution in [-0.2, 0) is 14.8 Å². The molecule has 1 rings (SSSR count). The van der Waals surface area contributed by atoms with Crippen LogP contribution in [0.2, 0.25) is 0 Å². The molecule has 0 aliphatic heterocycles.